The van der Waals surface area contributed by atoms with E-state index in [-0.39, 0.29) is 11.3 Å². The Labute approximate surface area is 227 Å². The number of aryl methyl sites for hydroxylation is 1. The van der Waals surface area contributed by atoms with E-state index in [1.165, 1.54) is 12.3 Å². The number of carbonyl (C=O) groups is 1. The number of amides is 1. The highest BCUT2D eigenvalue weighted by molar-refractivity contribution is 6.31. The van der Waals surface area contributed by atoms with Gasteiger partial charge in [-0.25, -0.2) is 4.98 Å². The highest BCUT2D eigenvalue weighted by Crippen LogP contribution is 2.36. The molecule has 7 nitrogen and oxygen atoms in total. The van der Waals surface area contributed by atoms with Crippen molar-refractivity contribution >= 4 is 40.7 Å². The molecule has 4 rings (SSSR count). The van der Waals surface area contributed by atoms with Crippen molar-refractivity contribution in [2.45, 2.75) is 13.1 Å². The molecule has 0 bridgehead atoms. The number of hydrogen-bond donors (Lipinski definition) is 4. The molecule has 0 aliphatic rings. The normalized spacial score (nSPS) is 11.5. The van der Waals surface area contributed by atoms with E-state index in [2.05, 4.69) is 32.8 Å². The van der Waals surface area contributed by atoms with Crippen LogP contribution in [0.15, 0.2) is 72.8 Å². The highest BCUT2D eigenvalue weighted by atomic mass is 35.5. The Morgan fingerprint density at radius 3 is 2.64 bits per heavy atom. The molecular weight excluding hydrogens is 529 g/mol. The molecular formula is C28H22ClF3N6O. The van der Waals surface area contributed by atoms with E-state index >= 15 is 0 Å². The second-order valence-corrected chi connectivity index (χ2v) is 8.75. The Kier molecular flexibility index (Phi) is 7.93. The first-order valence-corrected chi connectivity index (χ1v) is 11.9. The number of halogens is 4. The van der Waals surface area contributed by atoms with Crippen molar-refractivity contribution in [3.05, 3.63) is 106 Å². The van der Waals surface area contributed by atoms with E-state index in [1.807, 2.05) is 19.1 Å². The number of fused-ring (bicyclic) bond motifs is 1. The third-order valence-electron chi connectivity index (χ3n) is 5.62. The van der Waals surface area contributed by atoms with Crippen molar-refractivity contribution in [1.29, 1.82) is 5.41 Å². The fraction of sp³-hybridized carbons (Fsp3) is 0.107. The van der Waals surface area contributed by atoms with Crippen molar-refractivity contribution in [2.75, 3.05) is 17.7 Å². The first-order valence-electron chi connectivity index (χ1n) is 11.5. The topological polar surface area (TPSA) is 94.3 Å². The minimum absolute atomic E-state index is 0.0317. The second-order valence-electron chi connectivity index (χ2n) is 8.34. The number of rotatable bonds is 6. The summed E-state index contributed by atoms with van der Waals surface area (Å²) in [5.41, 5.74) is 2.98. The lowest BCUT2D eigenvalue weighted by atomic mass is 10.0. The Hall–Kier alpha value is -4.75. The van der Waals surface area contributed by atoms with Crippen molar-refractivity contribution in [3.8, 4) is 11.8 Å². The van der Waals surface area contributed by atoms with Gasteiger partial charge in [0.15, 0.2) is 5.65 Å². The number of carbonyl (C=O) groups excluding carboxylic acids is 1. The molecule has 4 N–H and O–H groups in total. The molecule has 0 aliphatic heterocycles. The maximum absolute atomic E-state index is 13.2. The van der Waals surface area contributed by atoms with Gasteiger partial charge in [-0.2, -0.15) is 13.2 Å². The van der Waals surface area contributed by atoms with Gasteiger partial charge in [0.2, 0.25) is 0 Å². The molecule has 0 spiro atoms. The molecule has 0 aliphatic carbocycles. The molecule has 0 atom stereocenters. The first-order chi connectivity index (χ1) is 18.6. The van der Waals surface area contributed by atoms with E-state index in [4.69, 9.17) is 17.0 Å². The Balaban J connectivity index is 1.60. The zero-order valence-corrected chi connectivity index (χ0v) is 21.5. The van der Waals surface area contributed by atoms with E-state index in [9.17, 15) is 18.0 Å². The Morgan fingerprint density at radius 1 is 1.13 bits per heavy atom. The van der Waals surface area contributed by atoms with E-state index in [1.54, 1.807) is 48.2 Å². The van der Waals surface area contributed by atoms with Gasteiger partial charge in [-0.05, 0) is 60.9 Å². The van der Waals surface area contributed by atoms with Gasteiger partial charge in [0, 0.05) is 42.5 Å². The van der Waals surface area contributed by atoms with Crippen molar-refractivity contribution in [3.63, 3.8) is 0 Å². The number of allylic oxidation sites excluding steroid dienone is 1. The van der Waals surface area contributed by atoms with Gasteiger partial charge in [0.05, 0.1) is 28.2 Å². The second kappa shape index (κ2) is 11.3. The highest BCUT2D eigenvalue weighted by Gasteiger charge is 2.33. The lowest BCUT2D eigenvalue weighted by Gasteiger charge is -2.12. The monoisotopic (exact) mass is 550 g/mol. The van der Waals surface area contributed by atoms with Gasteiger partial charge < -0.3 is 21.4 Å². The number of nitrogens with one attached hydrogen (secondary N) is 4. The molecule has 2 aromatic heterocycles. The van der Waals surface area contributed by atoms with Crippen molar-refractivity contribution in [1.82, 2.24) is 14.7 Å². The van der Waals surface area contributed by atoms with Crippen LogP contribution in [0.1, 0.15) is 32.7 Å². The molecule has 0 radical (unpaired) electrons. The number of anilines is 2. The summed E-state index contributed by atoms with van der Waals surface area (Å²) in [4.78, 5) is 17.3. The number of imidazole rings is 1. The molecule has 198 valence electrons. The lowest BCUT2D eigenvalue weighted by Crippen LogP contribution is -2.14. The van der Waals surface area contributed by atoms with E-state index in [0.717, 1.165) is 17.7 Å². The SMILES string of the molecule is CN/C=C(\C=N)Nc1cccn2c(C#Cc3cc(C(=O)Nc4ccc(Cl)c(C(F)(F)F)c4)ccc3C)cnc12. The third-order valence-corrected chi connectivity index (χ3v) is 5.95. The minimum atomic E-state index is -4.65. The largest absolute Gasteiger partial charge is 0.417 e. The molecule has 1 amide bonds. The maximum Gasteiger partial charge on any atom is 0.417 e. The zero-order chi connectivity index (χ0) is 28.2. The molecule has 0 saturated carbocycles. The molecule has 11 heteroatoms. The standard InChI is InChI=1S/C28H22ClF3N6O/c1-17-5-6-19(27(39)37-20-8-10-24(29)23(13-20)28(30,31)32)12-18(17)7-9-22-16-35-26-25(4-3-11-38(22)26)36-21(14-33)15-34-2/h3-6,8,10-16,33-34,36H,1-2H3,(H,37,39)/b21-15+,33-14?. The minimum Gasteiger partial charge on any atom is -0.392 e. The van der Waals surface area contributed by atoms with Crippen LogP contribution in [0.3, 0.4) is 0 Å². The fourth-order valence-corrected chi connectivity index (χ4v) is 3.90. The molecule has 2 heterocycles. The van der Waals surface area contributed by atoms with Crippen LogP contribution in [0.2, 0.25) is 5.02 Å². The number of aromatic nitrogens is 2. The Morgan fingerprint density at radius 2 is 1.92 bits per heavy atom. The molecule has 4 aromatic rings. The number of hydrogen-bond acceptors (Lipinski definition) is 5. The van der Waals surface area contributed by atoms with Gasteiger partial charge in [-0.1, -0.05) is 23.6 Å². The number of alkyl halides is 3. The van der Waals surface area contributed by atoms with Gasteiger partial charge in [0.25, 0.3) is 5.91 Å². The predicted molar refractivity (Wildman–Crippen MR) is 146 cm³/mol. The zero-order valence-electron chi connectivity index (χ0n) is 20.7. The summed E-state index contributed by atoms with van der Waals surface area (Å²) in [6.45, 7) is 1.84. The summed E-state index contributed by atoms with van der Waals surface area (Å²) >= 11 is 5.66. The maximum atomic E-state index is 13.2. The lowest BCUT2D eigenvalue weighted by molar-refractivity contribution is -0.137. The van der Waals surface area contributed by atoms with Gasteiger partial charge in [-0.15, -0.1) is 0 Å². The number of nitrogens with zero attached hydrogens (tertiary/aromatic N) is 2. The van der Waals surface area contributed by atoms with Crippen LogP contribution in [0.4, 0.5) is 24.5 Å². The Bertz CT molecular complexity index is 1660. The molecule has 2 aromatic carbocycles. The average molecular weight is 551 g/mol. The van der Waals surface area contributed by atoms with Crippen LogP contribution in [-0.4, -0.2) is 28.6 Å². The van der Waals surface area contributed by atoms with Crippen LogP contribution in [-0.2, 0) is 6.18 Å². The van der Waals surface area contributed by atoms with E-state index < -0.39 is 22.7 Å². The van der Waals surface area contributed by atoms with Crippen molar-refractivity contribution in [2.24, 2.45) is 0 Å². The third kappa shape index (κ3) is 6.22. The predicted octanol–water partition coefficient (Wildman–Crippen LogP) is 6.09. The molecule has 39 heavy (non-hydrogen) atoms. The van der Waals surface area contributed by atoms with Crippen LogP contribution >= 0.6 is 11.6 Å². The molecule has 0 fully saturated rings. The summed E-state index contributed by atoms with van der Waals surface area (Å²) in [5, 5.41) is 15.6. The quantitative estimate of drug-likeness (QED) is 0.173. The van der Waals surface area contributed by atoms with E-state index in [0.29, 0.717) is 28.3 Å². The van der Waals surface area contributed by atoms with Gasteiger partial charge in [0.1, 0.15) is 5.69 Å². The summed E-state index contributed by atoms with van der Waals surface area (Å²) in [6, 6.07) is 11.7. The molecule has 0 saturated heterocycles. The van der Waals surface area contributed by atoms with Gasteiger partial charge >= 0.3 is 6.18 Å². The average Bonchev–Trinajstić information content (AvgIpc) is 3.32. The van der Waals surface area contributed by atoms with Crippen LogP contribution < -0.4 is 16.0 Å². The van der Waals surface area contributed by atoms with Crippen LogP contribution in [0.25, 0.3) is 5.65 Å². The summed E-state index contributed by atoms with van der Waals surface area (Å²) < 4.78 is 41.3. The smallest absolute Gasteiger partial charge is 0.392 e. The summed E-state index contributed by atoms with van der Waals surface area (Å²) in [5.74, 6) is 5.54. The van der Waals surface area contributed by atoms with Gasteiger partial charge in [-0.3, -0.25) is 9.20 Å². The number of pyridine rings is 1. The fourth-order valence-electron chi connectivity index (χ4n) is 3.68. The molecule has 0 unspecified atom stereocenters. The van der Waals surface area contributed by atoms with Crippen LogP contribution in [0, 0.1) is 24.2 Å². The van der Waals surface area contributed by atoms with Crippen molar-refractivity contribution < 1.29 is 18.0 Å². The summed E-state index contributed by atoms with van der Waals surface area (Å²) in [7, 11) is 1.73. The number of benzene rings is 2. The van der Waals surface area contributed by atoms with Crippen LogP contribution in [0.5, 0.6) is 0 Å². The summed E-state index contributed by atoms with van der Waals surface area (Å²) in [6.07, 6.45) is 1.60. The first kappa shape index (κ1) is 27.3.